The standard InChI is InChI=1S/C16H15FN2O2/c17-11-3-5-13(15(20)9-11)16(21)19-7-1-2-10-8-12(18)4-6-14(10)19/h3-6,8-9,20H,1-2,7,18H2. The molecule has 4 nitrogen and oxygen atoms in total. The second-order valence-corrected chi connectivity index (χ2v) is 5.11. The Bertz CT molecular complexity index is 715. The van der Waals surface area contributed by atoms with Crippen LogP contribution in [-0.4, -0.2) is 17.6 Å². The van der Waals surface area contributed by atoms with Crippen molar-refractivity contribution in [3.63, 3.8) is 0 Å². The molecule has 3 rings (SSSR count). The average molecular weight is 286 g/mol. The zero-order chi connectivity index (χ0) is 15.0. The molecule has 0 saturated carbocycles. The van der Waals surface area contributed by atoms with Gasteiger partial charge in [0.1, 0.15) is 11.6 Å². The van der Waals surface area contributed by atoms with E-state index in [0.29, 0.717) is 12.2 Å². The molecular formula is C16H15FN2O2. The number of aromatic hydroxyl groups is 1. The van der Waals surface area contributed by atoms with Crippen molar-refractivity contribution in [3.8, 4) is 5.75 Å². The number of hydrogen-bond acceptors (Lipinski definition) is 3. The van der Waals surface area contributed by atoms with Crippen molar-refractivity contribution in [1.82, 2.24) is 0 Å². The van der Waals surface area contributed by atoms with Crippen molar-refractivity contribution in [2.45, 2.75) is 12.8 Å². The molecule has 0 saturated heterocycles. The molecule has 0 aromatic heterocycles. The monoisotopic (exact) mass is 286 g/mol. The summed E-state index contributed by atoms with van der Waals surface area (Å²) in [6.45, 7) is 0.562. The largest absolute Gasteiger partial charge is 0.507 e. The number of carbonyl (C=O) groups excluding carboxylic acids is 1. The second-order valence-electron chi connectivity index (χ2n) is 5.11. The Labute approximate surface area is 121 Å². The van der Waals surface area contributed by atoms with Crippen LogP contribution in [0, 0.1) is 5.82 Å². The number of nitrogen functional groups attached to an aromatic ring is 1. The quantitative estimate of drug-likeness (QED) is 0.792. The minimum Gasteiger partial charge on any atom is -0.507 e. The van der Waals surface area contributed by atoms with Gasteiger partial charge in [-0.3, -0.25) is 4.79 Å². The number of phenolic OH excluding ortho intramolecular Hbond substituents is 1. The van der Waals surface area contributed by atoms with Crippen molar-refractivity contribution < 1.29 is 14.3 Å². The lowest BCUT2D eigenvalue weighted by molar-refractivity contribution is 0.0982. The molecule has 0 atom stereocenters. The van der Waals surface area contributed by atoms with Crippen LogP contribution >= 0.6 is 0 Å². The first-order chi connectivity index (χ1) is 10.1. The van der Waals surface area contributed by atoms with Gasteiger partial charge in [0.2, 0.25) is 0 Å². The lowest BCUT2D eigenvalue weighted by Gasteiger charge is -2.30. The minimum atomic E-state index is -0.573. The van der Waals surface area contributed by atoms with Crippen LogP contribution < -0.4 is 10.6 Å². The van der Waals surface area contributed by atoms with E-state index in [1.807, 2.05) is 12.1 Å². The number of anilines is 2. The molecule has 0 unspecified atom stereocenters. The molecule has 2 aromatic carbocycles. The van der Waals surface area contributed by atoms with Crippen LogP contribution in [-0.2, 0) is 6.42 Å². The van der Waals surface area contributed by atoms with Crippen LogP contribution in [0.4, 0.5) is 15.8 Å². The highest BCUT2D eigenvalue weighted by Gasteiger charge is 2.25. The van der Waals surface area contributed by atoms with Crippen molar-refractivity contribution in [2.75, 3.05) is 17.2 Å². The molecule has 1 aliphatic heterocycles. The summed E-state index contributed by atoms with van der Waals surface area (Å²) in [7, 11) is 0. The average Bonchev–Trinajstić information content (AvgIpc) is 2.45. The first kappa shape index (κ1) is 13.4. The number of amides is 1. The van der Waals surface area contributed by atoms with E-state index in [4.69, 9.17) is 5.73 Å². The Balaban J connectivity index is 2.00. The Morgan fingerprint density at radius 2 is 2.05 bits per heavy atom. The maximum Gasteiger partial charge on any atom is 0.262 e. The summed E-state index contributed by atoms with van der Waals surface area (Å²) in [5.74, 6) is -1.25. The fraction of sp³-hybridized carbons (Fsp3) is 0.188. The van der Waals surface area contributed by atoms with E-state index in [9.17, 15) is 14.3 Å². The van der Waals surface area contributed by atoms with Gasteiger partial charge in [0.05, 0.1) is 5.56 Å². The van der Waals surface area contributed by atoms with Gasteiger partial charge in [0.15, 0.2) is 0 Å². The third-order valence-corrected chi connectivity index (χ3v) is 3.66. The van der Waals surface area contributed by atoms with Crippen LogP contribution in [0.3, 0.4) is 0 Å². The second kappa shape index (κ2) is 5.09. The fourth-order valence-electron chi connectivity index (χ4n) is 2.66. The predicted octanol–water partition coefficient (Wildman–Crippen LogP) is 2.71. The summed E-state index contributed by atoms with van der Waals surface area (Å²) in [5, 5.41) is 9.78. The molecule has 1 aliphatic rings. The fourth-order valence-corrected chi connectivity index (χ4v) is 2.66. The molecule has 0 bridgehead atoms. The number of nitrogens with zero attached hydrogens (tertiary/aromatic N) is 1. The van der Waals surface area contributed by atoms with Crippen molar-refractivity contribution in [2.24, 2.45) is 0 Å². The van der Waals surface area contributed by atoms with E-state index in [1.54, 1.807) is 11.0 Å². The molecule has 0 fully saturated rings. The number of fused-ring (bicyclic) bond motifs is 1. The number of benzene rings is 2. The number of phenols is 1. The molecule has 108 valence electrons. The topological polar surface area (TPSA) is 66.6 Å². The maximum atomic E-state index is 13.0. The minimum absolute atomic E-state index is 0.0982. The first-order valence-corrected chi connectivity index (χ1v) is 6.75. The molecule has 2 aromatic rings. The Hall–Kier alpha value is -2.56. The van der Waals surface area contributed by atoms with E-state index in [0.717, 1.165) is 30.2 Å². The van der Waals surface area contributed by atoms with Gasteiger partial charge in [-0.25, -0.2) is 4.39 Å². The number of hydrogen-bond donors (Lipinski definition) is 2. The molecule has 0 radical (unpaired) electrons. The summed E-state index contributed by atoms with van der Waals surface area (Å²) in [5.41, 5.74) is 8.33. The van der Waals surface area contributed by atoms with Crippen LogP contribution in [0.5, 0.6) is 5.75 Å². The molecule has 3 N–H and O–H groups in total. The van der Waals surface area contributed by atoms with E-state index in [1.165, 1.54) is 12.1 Å². The van der Waals surface area contributed by atoms with Crippen molar-refractivity contribution in [1.29, 1.82) is 0 Å². The van der Waals surface area contributed by atoms with Gasteiger partial charge in [0.25, 0.3) is 5.91 Å². The number of halogens is 1. The van der Waals surface area contributed by atoms with Crippen molar-refractivity contribution in [3.05, 3.63) is 53.3 Å². The Morgan fingerprint density at radius 1 is 1.24 bits per heavy atom. The van der Waals surface area contributed by atoms with E-state index < -0.39 is 5.82 Å². The third-order valence-electron chi connectivity index (χ3n) is 3.66. The highest BCUT2D eigenvalue weighted by molar-refractivity contribution is 6.08. The van der Waals surface area contributed by atoms with Gasteiger partial charge in [-0.2, -0.15) is 0 Å². The normalized spacial score (nSPS) is 13.9. The molecular weight excluding hydrogens is 271 g/mol. The van der Waals surface area contributed by atoms with Gasteiger partial charge in [-0.15, -0.1) is 0 Å². The van der Waals surface area contributed by atoms with E-state index >= 15 is 0 Å². The predicted molar refractivity (Wildman–Crippen MR) is 78.9 cm³/mol. The van der Waals surface area contributed by atoms with Crippen LogP contribution in [0.25, 0.3) is 0 Å². The van der Waals surface area contributed by atoms with Gasteiger partial charge in [0, 0.05) is 24.0 Å². The highest BCUT2D eigenvalue weighted by atomic mass is 19.1. The van der Waals surface area contributed by atoms with Crippen LogP contribution in [0.2, 0.25) is 0 Å². The van der Waals surface area contributed by atoms with Gasteiger partial charge < -0.3 is 15.7 Å². The lowest BCUT2D eigenvalue weighted by atomic mass is 10.00. The summed E-state index contributed by atoms with van der Waals surface area (Å²) < 4.78 is 13.0. The molecule has 1 heterocycles. The summed E-state index contributed by atoms with van der Waals surface area (Å²) >= 11 is 0. The first-order valence-electron chi connectivity index (χ1n) is 6.75. The zero-order valence-electron chi connectivity index (χ0n) is 11.3. The maximum absolute atomic E-state index is 13.0. The zero-order valence-corrected chi connectivity index (χ0v) is 11.3. The summed E-state index contributed by atoms with van der Waals surface area (Å²) in [6, 6.07) is 8.83. The van der Waals surface area contributed by atoms with Gasteiger partial charge in [-0.05, 0) is 48.7 Å². The molecule has 21 heavy (non-hydrogen) atoms. The van der Waals surface area contributed by atoms with E-state index in [-0.39, 0.29) is 17.2 Å². The summed E-state index contributed by atoms with van der Waals surface area (Å²) in [4.78, 5) is 14.2. The Morgan fingerprint density at radius 3 is 2.81 bits per heavy atom. The van der Waals surface area contributed by atoms with Gasteiger partial charge >= 0.3 is 0 Å². The third kappa shape index (κ3) is 2.42. The number of rotatable bonds is 1. The van der Waals surface area contributed by atoms with E-state index in [2.05, 4.69) is 0 Å². The lowest BCUT2D eigenvalue weighted by Crippen LogP contribution is -2.35. The Kier molecular flexibility index (Phi) is 3.25. The molecule has 5 heteroatoms. The van der Waals surface area contributed by atoms with Crippen LogP contribution in [0.1, 0.15) is 22.3 Å². The molecule has 0 spiro atoms. The highest BCUT2D eigenvalue weighted by Crippen LogP contribution is 2.31. The summed E-state index contributed by atoms with van der Waals surface area (Å²) in [6.07, 6.45) is 1.68. The van der Waals surface area contributed by atoms with Crippen LogP contribution in [0.15, 0.2) is 36.4 Å². The van der Waals surface area contributed by atoms with Crippen molar-refractivity contribution >= 4 is 17.3 Å². The smallest absolute Gasteiger partial charge is 0.262 e. The molecule has 0 aliphatic carbocycles. The number of aryl methyl sites for hydroxylation is 1. The van der Waals surface area contributed by atoms with Gasteiger partial charge in [-0.1, -0.05) is 0 Å². The number of carbonyl (C=O) groups is 1. The number of nitrogens with two attached hydrogens (primary N) is 1. The molecule has 1 amide bonds. The SMILES string of the molecule is Nc1ccc2c(c1)CCCN2C(=O)c1ccc(F)cc1O.